The highest BCUT2D eigenvalue weighted by Crippen LogP contribution is 2.34. The molecule has 0 unspecified atom stereocenters. The zero-order chi connectivity index (χ0) is 27.8. The Balaban J connectivity index is 1.54. The first-order valence-electron chi connectivity index (χ1n) is 10.9. The van der Waals surface area contributed by atoms with E-state index in [0.717, 1.165) is 10.6 Å². The van der Waals surface area contributed by atoms with Gasteiger partial charge in [-0.1, -0.05) is 0 Å². The Morgan fingerprint density at radius 3 is 2.63 bits per heavy atom. The average Bonchev–Trinajstić information content (AvgIpc) is 3.50. The molecule has 3 aromatic rings. The van der Waals surface area contributed by atoms with Crippen molar-refractivity contribution >= 4 is 23.5 Å². The molecule has 4 rings (SSSR count). The Labute approximate surface area is 208 Å². The summed E-state index contributed by atoms with van der Waals surface area (Å²) in [6, 6.07) is 1.54. The van der Waals surface area contributed by atoms with E-state index in [1.807, 2.05) is 0 Å². The van der Waals surface area contributed by atoms with Crippen molar-refractivity contribution in [1.82, 2.24) is 29.9 Å². The van der Waals surface area contributed by atoms with Gasteiger partial charge in [0, 0.05) is 24.4 Å². The standard InChI is InChI=1S/C20H20F7N7O4/c1-8(2)28-18(35)38-11-7-36-16(15(11)21)10-3-13(33-32-10)31-17-30-12(19(22,23)24)4-14-29-9(5-34(14)17)6-37-20(25,26)27/h3-5,8,11,15-16H,6-7H2,1-2H3,(H,28,35)(H2,30,31,32,33)/t11-,15-,16-/m0/s1. The molecule has 11 nitrogen and oxygen atoms in total. The number of aromatic nitrogens is 5. The number of H-pyrrole nitrogens is 1. The van der Waals surface area contributed by atoms with Gasteiger partial charge in [-0.25, -0.2) is 19.2 Å². The van der Waals surface area contributed by atoms with Gasteiger partial charge in [-0.05, 0) is 13.8 Å². The van der Waals surface area contributed by atoms with E-state index < -0.39 is 55.3 Å². The Kier molecular flexibility index (Phi) is 7.37. The van der Waals surface area contributed by atoms with Crippen LogP contribution < -0.4 is 10.6 Å². The van der Waals surface area contributed by atoms with Gasteiger partial charge in [0.2, 0.25) is 5.95 Å². The molecule has 208 valence electrons. The lowest BCUT2D eigenvalue weighted by molar-refractivity contribution is -0.330. The fourth-order valence-electron chi connectivity index (χ4n) is 3.50. The van der Waals surface area contributed by atoms with Gasteiger partial charge in [0.15, 0.2) is 23.8 Å². The molecule has 1 aliphatic heterocycles. The molecule has 1 saturated heterocycles. The van der Waals surface area contributed by atoms with Gasteiger partial charge in [-0.3, -0.25) is 14.2 Å². The molecule has 0 spiro atoms. The molecule has 0 bridgehead atoms. The van der Waals surface area contributed by atoms with Crippen LogP contribution >= 0.6 is 0 Å². The monoisotopic (exact) mass is 555 g/mol. The molecule has 1 fully saturated rings. The van der Waals surface area contributed by atoms with Gasteiger partial charge in [-0.2, -0.15) is 18.3 Å². The molecule has 18 heteroatoms. The number of rotatable bonds is 7. The minimum Gasteiger partial charge on any atom is -0.441 e. The maximum Gasteiger partial charge on any atom is 0.522 e. The zero-order valence-corrected chi connectivity index (χ0v) is 19.5. The quantitative estimate of drug-likeness (QED) is 0.371. The fraction of sp³-hybridized carbons (Fsp3) is 0.500. The first kappa shape index (κ1) is 27.4. The van der Waals surface area contributed by atoms with E-state index in [-0.39, 0.29) is 35.5 Å². The second-order valence-corrected chi connectivity index (χ2v) is 8.43. The Morgan fingerprint density at radius 2 is 1.97 bits per heavy atom. The van der Waals surface area contributed by atoms with Crippen LogP contribution in [0.5, 0.6) is 0 Å². The number of fused-ring (bicyclic) bond motifs is 1. The molecule has 4 heterocycles. The molecule has 0 radical (unpaired) electrons. The van der Waals surface area contributed by atoms with Crippen LogP contribution in [0.4, 0.5) is 47.3 Å². The summed E-state index contributed by atoms with van der Waals surface area (Å²) in [5, 5.41) is 11.3. The van der Waals surface area contributed by atoms with Crippen molar-refractivity contribution < 1.29 is 49.7 Å². The lowest BCUT2D eigenvalue weighted by atomic mass is 10.1. The van der Waals surface area contributed by atoms with Gasteiger partial charge in [0.1, 0.15) is 11.8 Å². The molecule has 0 aromatic carbocycles. The Morgan fingerprint density at radius 1 is 1.24 bits per heavy atom. The van der Waals surface area contributed by atoms with Gasteiger partial charge in [0.25, 0.3) is 0 Å². The van der Waals surface area contributed by atoms with E-state index in [0.29, 0.717) is 6.07 Å². The maximum atomic E-state index is 14.9. The molecule has 1 aliphatic rings. The normalized spacial score (nSPS) is 20.3. The van der Waals surface area contributed by atoms with Crippen LogP contribution in [0.3, 0.4) is 0 Å². The topological polar surface area (TPSA) is 128 Å². The highest BCUT2D eigenvalue weighted by atomic mass is 19.4. The zero-order valence-electron chi connectivity index (χ0n) is 19.5. The summed E-state index contributed by atoms with van der Waals surface area (Å²) in [6.45, 7) is 2.07. The summed E-state index contributed by atoms with van der Waals surface area (Å²) in [5.41, 5.74) is -1.99. The molecule has 38 heavy (non-hydrogen) atoms. The number of halogens is 7. The van der Waals surface area contributed by atoms with E-state index in [1.54, 1.807) is 13.8 Å². The SMILES string of the molecule is CC(C)NC(=O)O[C@H]1CO[C@@H](c2cc(Nc3nc(C(F)(F)F)cc4nc(COC(F)(F)F)cn34)n[nH]2)[C@H]1F. The van der Waals surface area contributed by atoms with Gasteiger partial charge in [0.05, 0.1) is 24.6 Å². The van der Waals surface area contributed by atoms with Crippen LogP contribution in [0.15, 0.2) is 18.3 Å². The lowest BCUT2D eigenvalue weighted by Gasteiger charge is -2.16. The average molecular weight is 555 g/mol. The number of anilines is 2. The molecule has 3 N–H and O–H groups in total. The van der Waals surface area contributed by atoms with E-state index >= 15 is 0 Å². The number of imidazole rings is 1. The van der Waals surface area contributed by atoms with E-state index in [1.165, 1.54) is 6.07 Å². The van der Waals surface area contributed by atoms with Crippen LogP contribution in [0, 0.1) is 0 Å². The van der Waals surface area contributed by atoms with E-state index in [9.17, 15) is 35.5 Å². The summed E-state index contributed by atoms with van der Waals surface area (Å²) in [7, 11) is 0. The smallest absolute Gasteiger partial charge is 0.441 e. The maximum absolute atomic E-state index is 14.9. The second kappa shape index (κ2) is 10.2. The summed E-state index contributed by atoms with van der Waals surface area (Å²) < 4.78 is 107. The molecular weight excluding hydrogens is 535 g/mol. The van der Waals surface area contributed by atoms with Crippen LogP contribution in [0.2, 0.25) is 0 Å². The third kappa shape index (κ3) is 6.42. The fourth-order valence-corrected chi connectivity index (χ4v) is 3.50. The molecule has 3 aromatic heterocycles. The van der Waals surface area contributed by atoms with E-state index in [4.69, 9.17) is 9.47 Å². The minimum absolute atomic E-state index is 0.0727. The number of nitrogens with zero attached hydrogens (tertiary/aromatic N) is 4. The van der Waals surface area contributed by atoms with Crippen LogP contribution in [0.25, 0.3) is 5.65 Å². The first-order valence-corrected chi connectivity index (χ1v) is 10.9. The molecule has 3 atom stereocenters. The summed E-state index contributed by atoms with van der Waals surface area (Å²) >= 11 is 0. The summed E-state index contributed by atoms with van der Waals surface area (Å²) in [4.78, 5) is 19.0. The minimum atomic E-state index is -4.98. The van der Waals surface area contributed by atoms with Gasteiger partial charge in [-0.15, -0.1) is 13.2 Å². The number of alkyl halides is 7. The first-order chi connectivity index (χ1) is 17.7. The molecule has 0 saturated carbocycles. The van der Waals surface area contributed by atoms with Crippen molar-refractivity contribution in [1.29, 1.82) is 0 Å². The van der Waals surface area contributed by atoms with Crippen LogP contribution in [0.1, 0.15) is 37.0 Å². The van der Waals surface area contributed by atoms with Crippen molar-refractivity contribution in [3.8, 4) is 0 Å². The van der Waals surface area contributed by atoms with Crippen molar-refractivity contribution in [2.45, 2.75) is 57.4 Å². The van der Waals surface area contributed by atoms with Crippen molar-refractivity contribution in [2.24, 2.45) is 0 Å². The van der Waals surface area contributed by atoms with Crippen LogP contribution in [-0.2, 0) is 27.0 Å². The van der Waals surface area contributed by atoms with Gasteiger partial charge >= 0.3 is 18.6 Å². The lowest BCUT2D eigenvalue weighted by Crippen LogP contribution is -2.36. The highest BCUT2D eigenvalue weighted by Gasteiger charge is 2.42. The number of hydrogen-bond donors (Lipinski definition) is 3. The highest BCUT2D eigenvalue weighted by molar-refractivity contribution is 5.67. The van der Waals surface area contributed by atoms with E-state index in [2.05, 4.69) is 35.5 Å². The third-order valence-corrected chi connectivity index (χ3v) is 5.07. The number of carbonyl (C=O) groups excluding carboxylic acids is 1. The number of nitrogens with one attached hydrogen (secondary N) is 3. The number of ether oxygens (including phenoxy) is 3. The number of hydrogen-bond acceptors (Lipinski definition) is 8. The molecular formula is C20H20F7N7O4. The third-order valence-electron chi connectivity index (χ3n) is 5.07. The largest absolute Gasteiger partial charge is 0.522 e. The predicted molar refractivity (Wildman–Crippen MR) is 113 cm³/mol. The van der Waals surface area contributed by atoms with Crippen molar-refractivity contribution in [3.63, 3.8) is 0 Å². The molecule has 0 aliphatic carbocycles. The van der Waals surface area contributed by atoms with Crippen molar-refractivity contribution in [3.05, 3.63) is 35.4 Å². The number of alkyl carbamates (subject to hydrolysis) is 1. The van der Waals surface area contributed by atoms with Crippen molar-refractivity contribution in [2.75, 3.05) is 11.9 Å². The number of aromatic amines is 1. The Hall–Kier alpha value is -3.67. The summed E-state index contributed by atoms with van der Waals surface area (Å²) in [6.07, 6.45) is -13.9. The van der Waals surface area contributed by atoms with Crippen LogP contribution in [-0.4, -0.2) is 61.9 Å². The second-order valence-electron chi connectivity index (χ2n) is 8.43. The van der Waals surface area contributed by atoms with Gasteiger partial charge < -0.3 is 20.1 Å². The number of carbonyl (C=O) groups is 1. The predicted octanol–water partition coefficient (Wildman–Crippen LogP) is 4.16. The summed E-state index contributed by atoms with van der Waals surface area (Å²) in [5.74, 6) is -0.609. The molecule has 1 amide bonds. The number of amides is 1. The Bertz CT molecular complexity index is 1290.